The van der Waals surface area contributed by atoms with E-state index in [1.807, 2.05) is 43.3 Å². The maximum Gasteiger partial charge on any atom is 0.236 e. The van der Waals surface area contributed by atoms with Gasteiger partial charge < -0.3 is 23.8 Å². The summed E-state index contributed by atoms with van der Waals surface area (Å²) in [6, 6.07) is 19.1. The van der Waals surface area contributed by atoms with Crippen molar-refractivity contribution in [1.82, 2.24) is 9.88 Å². The fourth-order valence-electron chi connectivity index (χ4n) is 4.99. The van der Waals surface area contributed by atoms with Gasteiger partial charge in [-0.3, -0.25) is 4.98 Å². The van der Waals surface area contributed by atoms with E-state index in [1.165, 1.54) is 6.20 Å². The Morgan fingerprint density at radius 1 is 1.04 bits per heavy atom. The fraction of sp³-hybridized carbons (Fsp3) is 0.273. The number of benzene rings is 3. The number of hydrogen-bond donors (Lipinski definition) is 0. The van der Waals surface area contributed by atoms with Crippen molar-refractivity contribution in [2.45, 2.75) is 26.7 Å². The van der Waals surface area contributed by atoms with Gasteiger partial charge in [0.15, 0.2) is 11.5 Å². The van der Waals surface area contributed by atoms with E-state index >= 15 is 0 Å². The van der Waals surface area contributed by atoms with E-state index in [1.54, 1.807) is 36.3 Å². The van der Waals surface area contributed by atoms with E-state index in [9.17, 15) is 13.7 Å². The second-order valence-electron chi connectivity index (χ2n) is 10.8. The monoisotopic (exact) mass is 674 g/mol. The third-order valence-corrected chi connectivity index (χ3v) is 8.76. The zero-order valence-electron chi connectivity index (χ0n) is 25.7. The van der Waals surface area contributed by atoms with Crippen LogP contribution in [0.3, 0.4) is 0 Å². The number of azide groups is 1. The van der Waals surface area contributed by atoms with Crippen molar-refractivity contribution in [2.24, 2.45) is 4.52 Å². The van der Waals surface area contributed by atoms with E-state index in [0.717, 1.165) is 28.0 Å². The molecule has 242 valence electrons. The lowest BCUT2D eigenvalue weighted by molar-refractivity contribution is 0.171. The average Bonchev–Trinajstić information content (AvgIpc) is 3.07. The molecule has 0 spiro atoms. The summed E-state index contributed by atoms with van der Waals surface area (Å²) in [7, 11) is -2.19. The lowest BCUT2D eigenvalue weighted by atomic mass is 9.96. The molecule has 0 N–H and O–H groups in total. The molecule has 0 bridgehead atoms. The second kappa shape index (κ2) is 15.1. The molecule has 2 heterocycles. The number of aromatic nitrogens is 1. The average molecular weight is 675 g/mol. The molecule has 3 aromatic carbocycles. The van der Waals surface area contributed by atoms with Gasteiger partial charge >= 0.3 is 0 Å². The molecule has 0 saturated heterocycles. The molecule has 0 unspecified atom stereocenters. The highest BCUT2D eigenvalue weighted by atomic mass is 35.5. The third kappa shape index (κ3) is 8.64. The van der Waals surface area contributed by atoms with Gasteiger partial charge in [-0.05, 0) is 66.0 Å². The predicted molar refractivity (Wildman–Crippen MR) is 176 cm³/mol. The van der Waals surface area contributed by atoms with Crippen molar-refractivity contribution in [2.75, 3.05) is 32.6 Å². The number of pyridine rings is 1. The molecule has 14 heteroatoms. The SMILES string of the molecule is Cc1c(COc2cc(OCc3cncc(C#N)c3)c(CN(C)CCS(=O)(=O)N=[N+]=[N-])cc2Cl)cccc1-c1ccc2c(c1)OCCO2. The zero-order chi connectivity index (χ0) is 33.4. The van der Waals surface area contributed by atoms with Gasteiger partial charge in [0.1, 0.15) is 44.0 Å². The quantitative estimate of drug-likeness (QED) is 0.0866. The zero-order valence-corrected chi connectivity index (χ0v) is 27.3. The highest BCUT2D eigenvalue weighted by Gasteiger charge is 2.18. The van der Waals surface area contributed by atoms with Crippen molar-refractivity contribution in [3.63, 3.8) is 0 Å². The molecule has 5 rings (SSSR count). The number of rotatable bonds is 13. The molecule has 1 aliphatic heterocycles. The lowest BCUT2D eigenvalue weighted by Gasteiger charge is -2.21. The fourth-order valence-corrected chi connectivity index (χ4v) is 5.97. The smallest absolute Gasteiger partial charge is 0.236 e. The molecular formula is C33H31ClN6O6S. The number of nitrogens with zero attached hydrogens (tertiary/aromatic N) is 6. The van der Waals surface area contributed by atoms with Crippen LogP contribution in [0.1, 0.15) is 27.8 Å². The van der Waals surface area contributed by atoms with Crippen LogP contribution in [-0.4, -0.2) is 50.9 Å². The number of ether oxygens (including phenoxy) is 4. The summed E-state index contributed by atoms with van der Waals surface area (Å²) >= 11 is 6.71. The van der Waals surface area contributed by atoms with E-state index in [0.29, 0.717) is 52.2 Å². The molecule has 1 aliphatic rings. The molecule has 0 aliphatic carbocycles. The molecule has 0 fully saturated rings. The standard InChI is InChI=1S/C33H31ClN6O6S/c1-22-26(4-3-5-28(22)25-6-7-30-33(14-25)44-10-9-43-30)21-46-32-15-31(45-20-24-12-23(16-35)17-37-18-24)27(13-29(32)34)19-40(2)8-11-47(41,42)39-38-36/h3-7,12-15,17-18H,8-11,19-21H2,1-2H3. The van der Waals surface area contributed by atoms with Crippen molar-refractivity contribution >= 4 is 21.6 Å². The van der Waals surface area contributed by atoms with Crippen LogP contribution in [0.2, 0.25) is 5.02 Å². The van der Waals surface area contributed by atoms with Crippen LogP contribution in [0.15, 0.2) is 71.5 Å². The first-order valence-electron chi connectivity index (χ1n) is 14.5. The third-order valence-electron chi connectivity index (χ3n) is 7.45. The Balaban J connectivity index is 1.37. The van der Waals surface area contributed by atoms with Crippen molar-refractivity contribution < 1.29 is 27.4 Å². The Morgan fingerprint density at radius 3 is 2.62 bits per heavy atom. The molecule has 0 atom stereocenters. The van der Waals surface area contributed by atoms with Crippen molar-refractivity contribution in [1.29, 1.82) is 5.26 Å². The van der Waals surface area contributed by atoms with Crippen LogP contribution in [0.5, 0.6) is 23.0 Å². The summed E-state index contributed by atoms with van der Waals surface area (Å²) in [6.45, 7) is 3.78. The van der Waals surface area contributed by atoms with E-state index < -0.39 is 10.0 Å². The van der Waals surface area contributed by atoms with Crippen LogP contribution in [0.4, 0.5) is 0 Å². The first-order valence-corrected chi connectivity index (χ1v) is 16.5. The number of halogens is 1. The highest BCUT2D eigenvalue weighted by molar-refractivity contribution is 7.90. The maximum absolute atomic E-state index is 11.9. The normalized spacial score (nSPS) is 12.2. The Labute approximate surface area is 277 Å². The first-order chi connectivity index (χ1) is 22.7. The van der Waals surface area contributed by atoms with Crippen molar-refractivity contribution in [3.05, 3.63) is 110 Å². The minimum atomic E-state index is -3.92. The van der Waals surface area contributed by atoms with E-state index in [-0.39, 0.29) is 32.1 Å². The molecule has 47 heavy (non-hydrogen) atoms. The van der Waals surface area contributed by atoms with Crippen LogP contribution >= 0.6 is 11.6 Å². The van der Waals surface area contributed by atoms with Crippen LogP contribution in [0, 0.1) is 18.3 Å². The van der Waals surface area contributed by atoms with Gasteiger partial charge in [0, 0.05) is 52.1 Å². The van der Waals surface area contributed by atoms with Crippen molar-refractivity contribution in [3.8, 4) is 40.2 Å². The van der Waals surface area contributed by atoms with Gasteiger partial charge in [-0.2, -0.15) is 5.26 Å². The lowest BCUT2D eigenvalue weighted by Crippen LogP contribution is -2.24. The number of nitriles is 1. The van der Waals surface area contributed by atoms with E-state index in [4.69, 9.17) is 36.1 Å². The molecule has 4 aromatic rings. The van der Waals surface area contributed by atoms with Gasteiger partial charge in [0.05, 0.1) is 16.3 Å². The Hall–Kier alpha value is -4.99. The van der Waals surface area contributed by atoms with Crippen LogP contribution < -0.4 is 18.9 Å². The highest BCUT2D eigenvalue weighted by Crippen LogP contribution is 2.37. The molecule has 1 aromatic heterocycles. The Kier molecular flexibility index (Phi) is 10.7. The summed E-state index contributed by atoms with van der Waals surface area (Å²) in [5, 5.41) is 9.60. The molecule has 0 saturated carbocycles. The van der Waals surface area contributed by atoms with Gasteiger partial charge in [-0.25, -0.2) is 8.42 Å². The molecule has 12 nitrogen and oxygen atoms in total. The second-order valence-corrected chi connectivity index (χ2v) is 12.9. The summed E-state index contributed by atoms with van der Waals surface area (Å²) in [5.41, 5.74) is 14.3. The molecular weight excluding hydrogens is 644 g/mol. The number of hydrogen-bond acceptors (Lipinski definition) is 9. The van der Waals surface area contributed by atoms with Gasteiger partial charge in [-0.15, -0.1) is 0 Å². The topological polar surface area (TPSA) is 160 Å². The van der Waals surface area contributed by atoms with Crippen LogP contribution in [-0.2, 0) is 29.8 Å². The summed E-state index contributed by atoms with van der Waals surface area (Å²) in [4.78, 5) is 8.22. The predicted octanol–water partition coefficient (Wildman–Crippen LogP) is 6.58. The van der Waals surface area contributed by atoms with Gasteiger partial charge in [-0.1, -0.05) is 35.9 Å². The Bertz CT molecular complexity index is 1980. The largest absolute Gasteiger partial charge is 0.488 e. The van der Waals surface area contributed by atoms with Crippen LogP contribution in [0.25, 0.3) is 21.6 Å². The Morgan fingerprint density at radius 2 is 1.83 bits per heavy atom. The number of fused-ring (bicyclic) bond motifs is 1. The van der Waals surface area contributed by atoms with Gasteiger partial charge in [0.25, 0.3) is 0 Å². The van der Waals surface area contributed by atoms with Gasteiger partial charge in [0.2, 0.25) is 10.0 Å². The minimum Gasteiger partial charge on any atom is -0.488 e. The number of sulfonamides is 1. The summed E-state index contributed by atoms with van der Waals surface area (Å²) in [6.07, 6.45) is 3.07. The maximum atomic E-state index is 11.9. The van der Waals surface area contributed by atoms with E-state index in [2.05, 4.69) is 20.5 Å². The minimum absolute atomic E-state index is 0.101. The summed E-state index contributed by atoms with van der Waals surface area (Å²) < 4.78 is 50.5. The summed E-state index contributed by atoms with van der Waals surface area (Å²) in [5.74, 6) is 1.94. The molecule has 0 radical (unpaired) electrons. The molecule has 0 amide bonds. The first kappa shape index (κ1) is 33.4.